The van der Waals surface area contributed by atoms with Gasteiger partial charge in [0, 0.05) is 31.2 Å². The second kappa shape index (κ2) is 5.66. The summed E-state index contributed by atoms with van der Waals surface area (Å²) in [6.07, 6.45) is 5.29. The summed E-state index contributed by atoms with van der Waals surface area (Å²) in [5.41, 5.74) is 6.99. The molecule has 0 unspecified atom stereocenters. The molecule has 106 valence electrons. The molecule has 0 aliphatic carbocycles. The van der Waals surface area contributed by atoms with Crippen LogP contribution in [0.3, 0.4) is 0 Å². The van der Waals surface area contributed by atoms with Crippen LogP contribution in [0, 0.1) is 0 Å². The van der Waals surface area contributed by atoms with Crippen LogP contribution in [0.4, 0.5) is 5.69 Å². The van der Waals surface area contributed by atoms with E-state index >= 15 is 0 Å². The van der Waals surface area contributed by atoms with Crippen LogP contribution >= 0.6 is 0 Å². The Labute approximate surface area is 122 Å². The summed E-state index contributed by atoms with van der Waals surface area (Å²) in [7, 11) is 0. The second-order valence-electron chi connectivity index (χ2n) is 4.84. The number of aromatic nitrogens is 2. The number of nitrogens with two attached hydrogens (primary N) is 1. The molecule has 3 rings (SSSR count). The van der Waals surface area contributed by atoms with Crippen LogP contribution in [0.1, 0.15) is 10.4 Å². The Morgan fingerprint density at radius 1 is 1.24 bits per heavy atom. The van der Waals surface area contributed by atoms with Gasteiger partial charge in [0.15, 0.2) is 0 Å². The van der Waals surface area contributed by atoms with Crippen LogP contribution in [0.5, 0.6) is 0 Å². The van der Waals surface area contributed by atoms with E-state index in [-0.39, 0.29) is 5.91 Å². The second-order valence-corrected chi connectivity index (χ2v) is 4.84. The van der Waals surface area contributed by atoms with Gasteiger partial charge < -0.3 is 15.6 Å². The Kier molecular flexibility index (Phi) is 3.55. The number of carbonyl (C=O) groups is 1. The summed E-state index contributed by atoms with van der Waals surface area (Å²) in [6, 6.07) is 11.5. The van der Waals surface area contributed by atoms with Gasteiger partial charge in [0.25, 0.3) is 5.91 Å². The van der Waals surface area contributed by atoms with E-state index in [0.29, 0.717) is 24.3 Å². The number of nitrogens with zero attached hydrogens (tertiary/aromatic N) is 2. The molecule has 0 aliphatic rings. The van der Waals surface area contributed by atoms with Crippen molar-refractivity contribution in [3.05, 3.63) is 60.7 Å². The highest BCUT2D eigenvalue weighted by Gasteiger charge is 2.10. The molecule has 1 heterocycles. The topological polar surface area (TPSA) is 72.9 Å². The SMILES string of the molecule is Nc1cc2ccccc2cc1C(=O)NCCn1ccnc1. The Hall–Kier alpha value is -2.82. The molecule has 0 atom stereocenters. The first kappa shape index (κ1) is 13.2. The van der Waals surface area contributed by atoms with E-state index < -0.39 is 0 Å². The molecule has 5 nitrogen and oxygen atoms in total. The summed E-state index contributed by atoms with van der Waals surface area (Å²) in [6.45, 7) is 1.21. The third-order valence-corrected chi connectivity index (χ3v) is 3.38. The lowest BCUT2D eigenvalue weighted by molar-refractivity contribution is 0.0953. The van der Waals surface area contributed by atoms with Crippen molar-refractivity contribution in [1.29, 1.82) is 0 Å². The molecule has 0 aliphatic heterocycles. The van der Waals surface area contributed by atoms with Crippen molar-refractivity contribution in [2.75, 3.05) is 12.3 Å². The van der Waals surface area contributed by atoms with E-state index in [4.69, 9.17) is 5.73 Å². The van der Waals surface area contributed by atoms with Crippen LogP contribution < -0.4 is 11.1 Å². The lowest BCUT2D eigenvalue weighted by Crippen LogP contribution is -2.27. The number of fused-ring (bicyclic) bond motifs is 1. The first-order chi connectivity index (χ1) is 10.2. The number of carbonyl (C=O) groups excluding carboxylic acids is 1. The molecule has 5 heteroatoms. The summed E-state index contributed by atoms with van der Waals surface area (Å²) in [5, 5.41) is 4.91. The fourth-order valence-corrected chi connectivity index (χ4v) is 2.27. The minimum Gasteiger partial charge on any atom is -0.398 e. The van der Waals surface area contributed by atoms with Gasteiger partial charge in [-0.15, -0.1) is 0 Å². The molecule has 1 aromatic heterocycles. The molecule has 0 fully saturated rings. The fraction of sp³-hybridized carbons (Fsp3) is 0.125. The maximum absolute atomic E-state index is 12.2. The number of nitrogens with one attached hydrogen (secondary N) is 1. The standard InChI is InChI=1S/C16H16N4O/c17-15-10-13-4-2-1-3-12(13)9-14(15)16(21)19-6-8-20-7-5-18-11-20/h1-5,7,9-11H,6,8,17H2,(H,19,21). The highest BCUT2D eigenvalue weighted by Crippen LogP contribution is 2.21. The molecular weight excluding hydrogens is 264 g/mol. The fourth-order valence-electron chi connectivity index (χ4n) is 2.27. The lowest BCUT2D eigenvalue weighted by Gasteiger charge is -2.09. The Morgan fingerprint density at radius 2 is 2.00 bits per heavy atom. The third-order valence-electron chi connectivity index (χ3n) is 3.38. The van der Waals surface area contributed by atoms with Crippen LogP contribution in [0.15, 0.2) is 55.1 Å². The zero-order chi connectivity index (χ0) is 14.7. The van der Waals surface area contributed by atoms with Crippen molar-refractivity contribution >= 4 is 22.4 Å². The van der Waals surface area contributed by atoms with Gasteiger partial charge in [-0.1, -0.05) is 24.3 Å². The maximum atomic E-state index is 12.2. The van der Waals surface area contributed by atoms with E-state index in [1.54, 1.807) is 12.5 Å². The predicted octanol–water partition coefficient (Wildman–Crippen LogP) is 2.05. The number of rotatable bonds is 4. The van der Waals surface area contributed by atoms with Crippen LogP contribution in [0.25, 0.3) is 10.8 Å². The molecule has 21 heavy (non-hydrogen) atoms. The van der Waals surface area contributed by atoms with Gasteiger partial charge in [-0.05, 0) is 22.9 Å². The van der Waals surface area contributed by atoms with E-state index in [1.165, 1.54) is 0 Å². The smallest absolute Gasteiger partial charge is 0.253 e. The molecule has 0 spiro atoms. The van der Waals surface area contributed by atoms with Gasteiger partial charge in [-0.2, -0.15) is 0 Å². The number of amides is 1. The van der Waals surface area contributed by atoms with E-state index in [9.17, 15) is 4.79 Å². The van der Waals surface area contributed by atoms with E-state index in [1.807, 2.05) is 47.2 Å². The van der Waals surface area contributed by atoms with Gasteiger partial charge in [0.05, 0.1) is 11.9 Å². The minimum atomic E-state index is -0.154. The molecule has 0 saturated carbocycles. The highest BCUT2D eigenvalue weighted by atomic mass is 16.1. The average Bonchev–Trinajstić information content (AvgIpc) is 2.99. The highest BCUT2D eigenvalue weighted by molar-refractivity contribution is 6.03. The Morgan fingerprint density at radius 3 is 2.71 bits per heavy atom. The molecule has 2 aromatic carbocycles. The minimum absolute atomic E-state index is 0.154. The van der Waals surface area contributed by atoms with Crippen molar-refractivity contribution in [2.24, 2.45) is 0 Å². The van der Waals surface area contributed by atoms with Crippen LogP contribution in [-0.4, -0.2) is 22.0 Å². The van der Waals surface area contributed by atoms with Crippen molar-refractivity contribution in [3.63, 3.8) is 0 Å². The molecule has 1 amide bonds. The summed E-state index contributed by atoms with van der Waals surface area (Å²) in [4.78, 5) is 16.2. The van der Waals surface area contributed by atoms with E-state index in [2.05, 4.69) is 10.3 Å². The predicted molar refractivity (Wildman–Crippen MR) is 82.9 cm³/mol. The van der Waals surface area contributed by atoms with Crippen LogP contribution in [-0.2, 0) is 6.54 Å². The van der Waals surface area contributed by atoms with Crippen LogP contribution in [0.2, 0.25) is 0 Å². The lowest BCUT2D eigenvalue weighted by atomic mass is 10.0. The van der Waals surface area contributed by atoms with Gasteiger partial charge in [-0.3, -0.25) is 4.79 Å². The van der Waals surface area contributed by atoms with Crippen molar-refractivity contribution in [2.45, 2.75) is 6.54 Å². The molecule has 0 saturated heterocycles. The van der Waals surface area contributed by atoms with E-state index in [0.717, 1.165) is 10.8 Å². The molecule has 3 aromatic rings. The quantitative estimate of drug-likeness (QED) is 0.718. The number of hydrogen-bond donors (Lipinski definition) is 2. The first-order valence-electron chi connectivity index (χ1n) is 6.76. The Balaban J connectivity index is 1.73. The van der Waals surface area contributed by atoms with Crippen molar-refractivity contribution in [1.82, 2.24) is 14.9 Å². The van der Waals surface area contributed by atoms with Gasteiger partial charge in [-0.25, -0.2) is 4.98 Å². The number of nitrogen functional groups attached to an aromatic ring is 1. The normalized spacial score (nSPS) is 10.7. The molecule has 0 bridgehead atoms. The number of benzene rings is 2. The zero-order valence-corrected chi connectivity index (χ0v) is 11.5. The van der Waals surface area contributed by atoms with Gasteiger partial charge in [0.2, 0.25) is 0 Å². The number of hydrogen-bond acceptors (Lipinski definition) is 3. The number of imidazole rings is 1. The maximum Gasteiger partial charge on any atom is 0.253 e. The summed E-state index contributed by atoms with van der Waals surface area (Å²) < 4.78 is 1.91. The molecule has 0 radical (unpaired) electrons. The molecular formula is C16H16N4O. The van der Waals surface area contributed by atoms with Crippen molar-refractivity contribution in [3.8, 4) is 0 Å². The average molecular weight is 280 g/mol. The largest absolute Gasteiger partial charge is 0.398 e. The molecule has 3 N–H and O–H groups in total. The monoisotopic (exact) mass is 280 g/mol. The van der Waals surface area contributed by atoms with Gasteiger partial charge >= 0.3 is 0 Å². The number of anilines is 1. The van der Waals surface area contributed by atoms with Crippen molar-refractivity contribution < 1.29 is 4.79 Å². The van der Waals surface area contributed by atoms with Gasteiger partial charge in [0.1, 0.15) is 0 Å². The zero-order valence-electron chi connectivity index (χ0n) is 11.5. The summed E-state index contributed by atoms with van der Waals surface area (Å²) in [5.74, 6) is -0.154. The Bertz CT molecular complexity index is 765. The summed E-state index contributed by atoms with van der Waals surface area (Å²) >= 11 is 0. The third kappa shape index (κ3) is 2.86. The first-order valence-corrected chi connectivity index (χ1v) is 6.76.